The summed E-state index contributed by atoms with van der Waals surface area (Å²) in [5.41, 5.74) is 4.45. The number of hydrogen-bond acceptors (Lipinski definition) is 5. The summed E-state index contributed by atoms with van der Waals surface area (Å²) >= 11 is 1.77. The number of unbranched alkanes of at least 4 members (excludes halogenated alkanes) is 3. The highest BCUT2D eigenvalue weighted by Crippen LogP contribution is 2.12. The van der Waals surface area contributed by atoms with Crippen LogP contribution < -0.4 is 4.57 Å². The SMILES string of the molecule is CCCCCC[n+]1csc(CCO)c1C.Cc1ccc(S(=O)(=O)[O-])cc1. The number of aliphatic hydroxyl groups is 1. The molecule has 0 radical (unpaired) electrons. The highest BCUT2D eigenvalue weighted by Gasteiger charge is 2.13. The summed E-state index contributed by atoms with van der Waals surface area (Å²) in [4.78, 5) is 1.15. The average molecular weight is 400 g/mol. The fourth-order valence-electron chi connectivity index (χ4n) is 2.43. The fraction of sp³-hybridized carbons (Fsp3) is 0.526. The first-order chi connectivity index (χ1) is 12.3. The van der Waals surface area contributed by atoms with Crippen LogP contribution in [0.1, 0.15) is 48.7 Å². The molecule has 0 aliphatic heterocycles. The zero-order valence-corrected chi connectivity index (χ0v) is 17.4. The number of nitrogens with zero attached hydrogens (tertiary/aromatic N) is 1. The first kappa shape index (κ1) is 22.8. The van der Waals surface area contributed by atoms with Crippen LogP contribution in [0.5, 0.6) is 0 Å². The van der Waals surface area contributed by atoms with E-state index in [9.17, 15) is 13.0 Å². The number of thiazole rings is 1. The highest BCUT2D eigenvalue weighted by atomic mass is 32.2. The third-order valence-corrected chi connectivity index (χ3v) is 6.05. The number of aromatic nitrogens is 1. The van der Waals surface area contributed by atoms with Crippen molar-refractivity contribution in [2.75, 3.05) is 6.61 Å². The number of hydrogen-bond donors (Lipinski definition) is 1. The molecule has 2 aromatic rings. The van der Waals surface area contributed by atoms with Gasteiger partial charge in [-0.2, -0.15) is 4.57 Å². The predicted molar refractivity (Wildman–Crippen MR) is 103 cm³/mol. The van der Waals surface area contributed by atoms with E-state index in [-0.39, 0.29) is 11.5 Å². The lowest BCUT2D eigenvalue weighted by Gasteiger charge is -2.05. The van der Waals surface area contributed by atoms with Crippen molar-refractivity contribution in [3.8, 4) is 0 Å². The summed E-state index contributed by atoms with van der Waals surface area (Å²) in [5, 5.41) is 8.90. The van der Waals surface area contributed by atoms with Gasteiger partial charge in [0.05, 0.1) is 9.77 Å². The molecule has 0 saturated carbocycles. The van der Waals surface area contributed by atoms with Gasteiger partial charge in [0, 0.05) is 26.4 Å². The quantitative estimate of drug-likeness (QED) is 0.419. The molecule has 7 heteroatoms. The van der Waals surface area contributed by atoms with Crippen molar-refractivity contribution in [1.29, 1.82) is 0 Å². The van der Waals surface area contributed by atoms with Gasteiger partial charge in [-0.15, -0.1) is 0 Å². The second-order valence-corrected chi connectivity index (χ2v) is 8.55. The van der Waals surface area contributed by atoms with Gasteiger partial charge in [-0.1, -0.05) is 48.8 Å². The molecule has 26 heavy (non-hydrogen) atoms. The minimum atomic E-state index is -4.27. The van der Waals surface area contributed by atoms with Gasteiger partial charge in [-0.25, -0.2) is 8.42 Å². The van der Waals surface area contributed by atoms with Crippen LogP contribution in [0.3, 0.4) is 0 Å². The maximum atomic E-state index is 10.4. The minimum Gasteiger partial charge on any atom is -0.744 e. The third-order valence-electron chi connectivity index (χ3n) is 4.06. The van der Waals surface area contributed by atoms with Crippen LogP contribution in [-0.2, 0) is 23.1 Å². The van der Waals surface area contributed by atoms with Crippen molar-refractivity contribution in [1.82, 2.24) is 0 Å². The second-order valence-electron chi connectivity index (χ2n) is 6.23. The molecule has 0 amide bonds. The Morgan fingerprint density at radius 1 is 1.12 bits per heavy atom. The van der Waals surface area contributed by atoms with Crippen LogP contribution in [0, 0.1) is 13.8 Å². The molecule has 0 spiro atoms. The summed E-state index contributed by atoms with van der Waals surface area (Å²) in [7, 11) is -4.27. The van der Waals surface area contributed by atoms with Crippen molar-refractivity contribution in [2.45, 2.75) is 64.3 Å². The number of rotatable bonds is 8. The third kappa shape index (κ3) is 7.95. The Morgan fingerprint density at radius 2 is 1.77 bits per heavy atom. The van der Waals surface area contributed by atoms with Gasteiger partial charge in [0.2, 0.25) is 5.51 Å². The van der Waals surface area contributed by atoms with E-state index < -0.39 is 10.1 Å². The molecule has 2 rings (SSSR count). The Bertz CT molecular complexity index is 752. The molecular formula is C19H29NO4S2. The lowest BCUT2D eigenvalue weighted by molar-refractivity contribution is -0.698. The summed E-state index contributed by atoms with van der Waals surface area (Å²) in [6.07, 6.45) is 6.04. The van der Waals surface area contributed by atoms with E-state index in [0.717, 1.165) is 18.5 Å². The van der Waals surface area contributed by atoms with E-state index in [4.69, 9.17) is 5.11 Å². The Balaban J connectivity index is 0.000000273. The Hall–Kier alpha value is -1.28. The largest absolute Gasteiger partial charge is 0.744 e. The predicted octanol–water partition coefficient (Wildman–Crippen LogP) is 3.36. The van der Waals surface area contributed by atoms with Crippen molar-refractivity contribution in [2.24, 2.45) is 0 Å². The second kappa shape index (κ2) is 11.4. The van der Waals surface area contributed by atoms with Crippen LogP contribution in [0.25, 0.3) is 0 Å². The van der Waals surface area contributed by atoms with Gasteiger partial charge in [0.25, 0.3) is 0 Å². The van der Waals surface area contributed by atoms with Crippen molar-refractivity contribution >= 4 is 21.5 Å². The first-order valence-corrected chi connectivity index (χ1v) is 11.2. The van der Waals surface area contributed by atoms with Gasteiger partial charge >= 0.3 is 0 Å². The zero-order valence-electron chi connectivity index (χ0n) is 15.8. The molecule has 0 unspecified atom stereocenters. The molecule has 1 N–H and O–H groups in total. The molecule has 1 aromatic carbocycles. The lowest BCUT2D eigenvalue weighted by atomic mass is 10.2. The molecule has 0 saturated heterocycles. The normalized spacial score (nSPS) is 11.1. The number of benzene rings is 1. The topological polar surface area (TPSA) is 81.3 Å². The summed E-state index contributed by atoms with van der Waals surface area (Å²) in [6.45, 7) is 7.61. The van der Waals surface area contributed by atoms with Gasteiger partial charge in [-0.05, 0) is 25.5 Å². The highest BCUT2D eigenvalue weighted by molar-refractivity contribution is 7.85. The zero-order chi connectivity index (χ0) is 19.6. The average Bonchev–Trinajstić information content (AvgIpc) is 2.93. The minimum absolute atomic E-state index is 0.178. The van der Waals surface area contributed by atoms with E-state index in [1.165, 1.54) is 48.4 Å². The molecule has 0 aliphatic rings. The summed E-state index contributed by atoms with van der Waals surface area (Å²) in [5.74, 6) is 0. The molecule has 146 valence electrons. The maximum absolute atomic E-state index is 10.4. The molecule has 1 aromatic heterocycles. The maximum Gasteiger partial charge on any atom is 0.225 e. The summed E-state index contributed by atoms with van der Waals surface area (Å²) < 4.78 is 33.5. The van der Waals surface area contributed by atoms with E-state index in [2.05, 4.69) is 23.9 Å². The van der Waals surface area contributed by atoms with E-state index >= 15 is 0 Å². The van der Waals surface area contributed by atoms with Gasteiger partial charge in [-0.3, -0.25) is 0 Å². The van der Waals surface area contributed by atoms with Crippen LogP contribution in [0.15, 0.2) is 34.7 Å². The van der Waals surface area contributed by atoms with Crippen LogP contribution in [-0.4, -0.2) is 24.7 Å². The monoisotopic (exact) mass is 399 g/mol. The molecule has 5 nitrogen and oxygen atoms in total. The Morgan fingerprint density at radius 3 is 2.31 bits per heavy atom. The van der Waals surface area contributed by atoms with Gasteiger partial charge < -0.3 is 9.66 Å². The van der Waals surface area contributed by atoms with Crippen molar-refractivity contribution in [3.63, 3.8) is 0 Å². The molecule has 0 fully saturated rings. The van der Waals surface area contributed by atoms with E-state index in [1.54, 1.807) is 23.5 Å². The van der Waals surface area contributed by atoms with E-state index in [1.807, 2.05) is 6.92 Å². The van der Waals surface area contributed by atoms with E-state index in [0.29, 0.717) is 0 Å². The first-order valence-electron chi connectivity index (χ1n) is 8.89. The number of aliphatic hydroxyl groups excluding tert-OH is 1. The summed E-state index contributed by atoms with van der Waals surface area (Å²) in [6, 6.07) is 5.78. The molecular weight excluding hydrogens is 370 g/mol. The molecule has 0 atom stereocenters. The lowest BCUT2D eigenvalue weighted by Crippen LogP contribution is -2.34. The van der Waals surface area contributed by atoms with Crippen LogP contribution in [0.2, 0.25) is 0 Å². The van der Waals surface area contributed by atoms with Gasteiger partial charge in [0.1, 0.15) is 16.7 Å². The molecule has 0 bridgehead atoms. The number of aryl methyl sites for hydroxylation is 2. The van der Waals surface area contributed by atoms with Crippen LogP contribution in [0.4, 0.5) is 0 Å². The molecule has 0 aliphatic carbocycles. The fourth-order valence-corrected chi connectivity index (χ4v) is 3.91. The van der Waals surface area contributed by atoms with Gasteiger partial charge in [0.15, 0.2) is 5.69 Å². The standard InChI is InChI=1S/C12H22NOS.C7H8O3S/c1-3-4-5-6-8-13-10-15-12(7-9-14)11(13)2;1-6-2-4-7(5-3-6)11(8,9)10/h10,14H,3-9H2,1-2H3;2-5H,1H3,(H,8,9,10)/q+1;/p-1. The molecule has 1 heterocycles. The van der Waals surface area contributed by atoms with Crippen LogP contribution >= 0.6 is 11.3 Å². The van der Waals surface area contributed by atoms with Crippen molar-refractivity contribution in [3.05, 3.63) is 45.9 Å². The Labute approximate surface area is 161 Å². The van der Waals surface area contributed by atoms with Crippen molar-refractivity contribution < 1.29 is 22.6 Å². The Kier molecular flexibility index (Phi) is 10.0. The smallest absolute Gasteiger partial charge is 0.225 e.